The molecule has 0 aromatic rings. The van der Waals surface area contributed by atoms with Gasteiger partial charge in [0.1, 0.15) is 43.2 Å². The van der Waals surface area contributed by atoms with Crippen molar-refractivity contribution in [1.82, 2.24) is 0 Å². The monoisotopic (exact) mass is 887 g/mol. The number of unbranched alkanes of at least 4 members (excludes halogenated alkanes) is 18. The molecule has 1 saturated carbocycles. The highest BCUT2D eigenvalue weighted by Crippen LogP contribution is 2.47. The molecule has 354 valence electrons. The second-order valence-corrected chi connectivity index (χ2v) is 17.7. The van der Waals surface area contributed by atoms with E-state index in [1.54, 1.807) is 0 Å². The van der Waals surface area contributed by atoms with Crippen molar-refractivity contribution < 1.29 is 63.1 Å². The SMILES string of the molecule is CCCCC/C=C\C/C=C\C/C=C\C/C=C\CCCC(=O)OC[C@H](COP(=O)(O)OC1C(O)C(O)C(O)[C@@H](O)C1O)OC(=O)CCCCCCCCCCCCCCCCC. The van der Waals surface area contributed by atoms with Crippen LogP contribution < -0.4 is 0 Å². The lowest BCUT2D eigenvalue weighted by molar-refractivity contribution is -0.220. The van der Waals surface area contributed by atoms with Gasteiger partial charge in [-0.05, 0) is 51.4 Å². The summed E-state index contributed by atoms with van der Waals surface area (Å²) in [7, 11) is -5.13. The van der Waals surface area contributed by atoms with E-state index in [1.165, 1.54) is 83.5 Å². The topological polar surface area (TPSA) is 210 Å². The van der Waals surface area contributed by atoms with Gasteiger partial charge in [0.25, 0.3) is 0 Å². The van der Waals surface area contributed by atoms with Gasteiger partial charge < -0.3 is 39.9 Å². The highest BCUT2D eigenvalue weighted by atomic mass is 31.2. The third kappa shape index (κ3) is 29.7. The molecule has 0 aromatic carbocycles. The van der Waals surface area contributed by atoms with Crippen LogP contribution in [0.25, 0.3) is 0 Å². The molecule has 8 atom stereocenters. The van der Waals surface area contributed by atoms with Crippen molar-refractivity contribution in [2.75, 3.05) is 13.2 Å². The Hall–Kier alpha value is -2.19. The summed E-state index contributed by atoms with van der Waals surface area (Å²) in [6.07, 6.45) is 30.2. The van der Waals surface area contributed by atoms with Crippen molar-refractivity contribution >= 4 is 19.8 Å². The van der Waals surface area contributed by atoms with Crippen LogP contribution in [0.3, 0.4) is 0 Å². The van der Waals surface area contributed by atoms with E-state index in [4.69, 9.17) is 18.5 Å². The highest BCUT2D eigenvalue weighted by molar-refractivity contribution is 7.47. The van der Waals surface area contributed by atoms with Gasteiger partial charge in [-0.1, -0.05) is 165 Å². The standard InChI is InChI=1S/C47H83O13P/c1-3-5-7-9-11-13-15-17-19-20-22-23-25-27-29-31-33-35-40(48)57-37-39(38-58-61(55,56)60-47-45(53)43(51)42(50)44(52)46(47)54)59-41(49)36-34-32-30-28-26-24-21-18-16-14-12-10-8-6-4-2/h11,13,17,19,22-23,27,29,39,42-47,50-54H,3-10,12,14-16,18,20-21,24-26,28,30-38H2,1-2H3,(H,55,56)/b13-11-,19-17-,23-22-,29-27-/t39-,42?,43-,44?,45?,46?,47?/m1/s1. The van der Waals surface area contributed by atoms with Crippen LogP contribution in [0.15, 0.2) is 48.6 Å². The molecule has 1 rings (SSSR count). The number of aliphatic hydroxyl groups excluding tert-OH is 5. The van der Waals surface area contributed by atoms with Crippen molar-refractivity contribution in [2.45, 2.75) is 224 Å². The molecule has 0 radical (unpaired) electrons. The fourth-order valence-corrected chi connectivity index (χ4v) is 7.84. The molecular formula is C47H83O13P. The van der Waals surface area contributed by atoms with E-state index < -0.39 is 75.7 Å². The molecule has 61 heavy (non-hydrogen) atoms. The Bertz CT molecular complexity index is 1250. The molecule has 1 aliphatic carbocycles. The van der Waals surface area contributed by atoms with Crippen LogP contribution in [0, 0.1) is 0 Å². The van der Waals surface area contributed by atoms with Gasteiger partial charge >= 0.3 is 19.8 Å². The summed E-state index contributed by atoms with van der Waals surface area (Å²) in [6.45, 7) is 3.23. The fraction of sp³-hybridized carbons (Fsp3) is 0.787. The van der Waals surface area contributed by atoms with Gasteiger partial charge in [0.05, 0.1) is 6.61 Å². The van der Waals surface area contributed by atoms with Crippen LogP contribution in [-0.2, 0) is 32.7 Å². The number of hydrogen-bond acceptors (Lipinski definition) is 12. The van der Waals surface area contributed by atoms with Crippen molar-refractivity contribution in [3.05, 3.63) is 48.6 Å². The van der Waals surface area contributed by atoms with Gasteiger partial charge in [0, 0.05) is 12.8 Å². The van der Waals surface area contributed by atoms with Crippen LogP contribution in [0.4, 0.5) is 0 Å². The largest absolute Gasteiger partial charge is 0.472 e. The molecule has 0 amide bonds. The minimum Gasteiger partial charge on any atom is -0.462 e. The molecular weight excluding hydrogens is 803 g/mol. The van der Waals surface area contributed by atoms with E-state index in [1.807, 2.05) is 12.2 Å². The lowest BCUT2D eigenvalue weighted by atomic mass is 9.85. The average molecular weight is 887 g/mol. The van der Waals surface area contributed by atoms with Crippen molar-refractivity contribution in [3.8, 4) is 0 Å². The van der Waals surface area contributed by atoms with Gasteiger partial charge in [0.15, 0.2) is 6.10 Å². The Labute approximate surface area is 367 Å². The summed E-state index contributed by atoms with van der Waals surface area (Å²) in [5, 5.41) is 50.1. The van der Waals surface area contributed by atoms with E-state index in [-0.39, 0.29) is 12.8 Å². The van der Waals surface area contributed by atoms with Crippen LogP contribution >= 0.6 is 7.82 Å². The number of esters is 2. The van der Waals surface area contributed by atoms with Crippen molar-refractivity contribution in [2.24, 2.45) is 0 Å². The number of rotatable bonds is 38. The first-order valence-electron chi connectivity index (χ1n) is 23.4. The molecule has 6 unspecified atom stereocenters. The summed E-state index contributed by atoms with van der Waals surface area (Å²) >= 11 is 0. The minimum atomic E-state index is -5.13. The van der Waals surface area contributed by atoms with Gasteiger partial charge in [-0.2, -0.15) is 0 Å². The number of carbonyl (C=O) groups excluding carboxylic acids is 2. The highest BCUT2D eigenvalue weighted by Gasteiger charge is 2.51. The molecule has 13 nitrogen and oxygen atoms in total. The number of ether oxygens (including phenoxy) is 2. The molecule has 0 heterocycles. The Morgan fingerprint density at radius 2 is 0.902 bits per heavy atom. The first kappa shape index (κ1) is 56.8. The predicted molar refractivity (Wildman–Crippen MR) is 239 cm³/mol. The quantitative estimate of drug-likeness (QED) is 0.0148. The van der Waals surface area contributed by atoms with Gasteiger partial charge in [-0.15, -0.1) is 0 Å². The zero-order valence-electron chi connectivity index (χ0n) is 37.4. The number of hydrogen-bond donors (Lipinski definition) is 6. The number of aliphatic hydroxyl groups is 5. The number of carbonyl (C=O) groups is 2. The lowest BCUT2D eigenvalue weighted by Gasteiger charge is -2.41. The second kappa shape index (κ2) is 37.2. The molecule has 14 heteroatoms. The smallest absolute Gasteiger partial charge is 0.462 e. The van der Waals surface area contributed by atoms with Gasteiger partial charge in [-0.25, -0.2) is 4.57 Å². The molecule has 6 N–H and O–H groups in total. The first-order valence-corrected chi connectivity index (χ1v) is 24.9. The summed E-state index contributed by atoms with van der Waals surface area (Å²) in [5.74, 6) is -1.16. The number of phosphoric acid groups is 1. The summed E-state index contributed by atoms with van der Waals surface area (Å²) in [5.41, 5.74) is 0. The van der Waals surface area contributed by atoms with Gasteiger partial charge in [0.2, 0.25) is 0 Å². The number of phosphoric ester groups is 1. The Balaban J connectivity index is 2.49. The molecule has 0 aliphatic heterocycles. The third-order valence-corrected chi connectivity index (χ3v) is 11.7. The fourth-order valence-electron chi connectivity index (χ4n) is 6.87. The molecule has 0 aromatic heterocycles. The minimum absolute atomic E-state index is 0.0869. The predicted octanol–water partition coefficient (Wildman–Crippen LogP) is 9.17. The maximum atomic E-state index is 12.8. The second-order valence-electron chi connectivity index (χ2n) is 16.3. The Morgan fingerprint density at radius 1 is 0.508 bits per heavy atom. The number of allylic oxidation sites excluding steroid dienone is 8. The first-order chi connectivity index (χ1) is 29.4. The summed E-state index contributed by atoms with van der Waals surface area (Å²) in [6, 6.07) is 0. The molecule has 1 aliphatic rings. The third-order valence-electron chi connectivity index (χ3n) is 10.7. The van der Waals surface area contributed by atoms with Crippen LogP contribution in [0.1, 0.15) is 181 Å². The summed E-state index contributed by atoms with van der Waals surface area (Å²) < 4.78 is 33.5. The van der Waals surface area contributed by atoms with E-state index in [9.17, 15) is 44.6 Å². The van der Waals surface area contributed by atoms with Crippen LogP contribution in [0.5, 0.6) is 0 Å². The van der Waals surface area contributed by atoms with E-state index in [0.29, 0.717) is 19.3 Å². The maximum Gasteiger partial charge on any atom is 0.472 e. The maximum absolute atomic E-state index is 12.8. The van der Waals surface area contributed by atoms with E-state index in [0.717, 1.165) is 51.4 Å². The molecule has 0 spiro atoms. The van der Waals surface area contributed by atoms with Crippen LogP contribution in [0.2, 0.25) is 0 Å². The average Bonchev–Trinajstić information content (AvgIpc) is 3.24. The van der Waals surface area contributed by atoms with E-state index in [2.05, 4.69) is 50.3 Å². The molecule has 0 bridgehead atoms. The summed E-state index contributed by atoms with van der Waals surface area (Å²) in [4.78, 5) is 35.7. The Morgan fingerprint density at radius 3 is 1.39 bits per heavy atom. The molecule has 1 fully saturated rings. The van der Waals surface area contributed by atoms with Crippen molar-refractivity contribution in [1.29, 1.82) is 0 Å². The van der Waals surface area contributed by atoms with Crippen LogP contribution in [-0.4, -0.2) is 98.3 Å². The van der Waals surface area contributed by atoms with Crippen molar-refractivity contribution in [3.63, 3.8) is 0 Å². The lowest BCUT2D eigenvalue weighted by Crippen LogP contribution is -2.64. The normalized spacial score (nSPS) is 22.4. The van der Waals surface area contributed by atoms with E-state index >= 15 is 0 Å². The Kier molecular flexibility index (Phi) is 34.7. The zero-order chi connectivity index (χ0) is 45.0. The molecule has 0 saturated heterocycles. The zero-order valence-corrected chi connectivity index (χ0v) is 38.3. The van der Waals surface area contributed by atoms with Gasteiger partial charge in [-0.3, -0.25) is 18.6 Å².